The summed E-state index contributed by atoms with van der Waals surface area (Å²) in [6, 6.07) is 6.22. The number of hydrogen-bond donors (Lipinski definition) is 1. The second-order valence-corrected chi connectivity index (χ2v) is 4.93. The normalized spacial score (nSPS) is 10.9. The summed E-state index contributed by atoms with van der Waals surface area (Å²) in [4.78, 5) is 0. The molecule has 0 aliphatic carbocycles. The van der Waals surface area contributed by atoms with E-state index in [9.17, 15) is 0 Å². The van der Waals surface area contributed by atoms with Crippen molar-refractivity contribution >= 4 is 11.6 Å². The first-order valence-corrected chi connectivity index (χ1v) is 6.44. The Hall–Kier alpha value is -1.32. The Morgan fingerprint density at radius 1 is 1.22 bits per heavy atom. The highest BCUT2D eigenvalue weighted by atomic mass is 35.5. The smallest absolute Gasteiger partial charge is 0.136 e. The first kappa shape index (κ1) is 13.1. The summed E-state index contributed by atoms with van der Waals surface area (Å²) in [5, 5.41) is 5.17. The molecule has 0 atom stereocenters. The van der Waals surface area contributed by atoms with E-state index in [2.05, 4.69) is 31.1 Å². The maximum atomic E-state index is 6.38. The molecule has 0 fully saturated rings. The zero-order valence-corrected chi connectivity index (χ0v) is 11.8. The third-order valence-corrected chi connectivity index (χ3v) is 3.64. The van der Waals surface area contributed by atoms with Crippen molar-refractivity contribution in [3.63, 3.8) is 0 Å². The lowest BCUT2D eigenvalue weighted by Gasteiger charge is -2.06. The largest absolute Gasteiger partial charge is 0.330 e. The Balaban J connectivity index is 2.50. The molecule has 1 aromatic heterocycles. The molecular weight excluding hydrogens is 246 g/mol. The van der Waals surface area contributed by atoms with E-state index in [-0.39, 0.29) is 0 Å². The fourth-order valence-electron chi connectivity index (χ4n) is 1.99. The predicted molar refractivity (Wildman–Crippen MR) is 75.5 cm³/mol. The van der Waals surface area contributed by atoms with Crippen LogP contribution < -0.4 is 5.73 Å². The van der Waals surface area contributed by atoms with Gasteiger partial charge in [-0.15, -0.1) is 0 Å². The van der Waals surface area contributed by atoms with E-state index in [0.717, 1.165) is 23.4 Å². The number of aromatic nitrogens is 2. The van der Waals surface area contributed by atoms with Crippen LogP contribution in [0.4, 0.5) is 0 Å². The van der Waals surface area contributed by atoms with Crippen LogP contribution in [0.1, 0.15) is 22.4 Å². The maximum absolute atomic E-state index is 6.38. The van der Waals surface area contributed by atoms with Crippen LogP contribution in [-0.4, -0.2) is 16.3 Å². The molecule has 3 nitrogen and oxygen atoms in total. The number of aryl methyl sites for hydroxylation is 3. The summed E-state index contributed by atoms with van der Waals surface area (Å²) >= 11 is 6.38. The molecule has 2 aromatic rings. The van der Waals surface area contributed by atoms with E-state index in [4.69, 9.17) is 17.3 Å². The lowest BCUT2D eigenvalue weighted by Crippen LogP contribution is -2.03. The third-order valence-electron chi connectivity index (χ3n) is 3.25. The van der Waals surface area contributed by atoms with Crippen molar-refractivity contribution in [1.82, 2.24) is 9.78 Å². The van der Waals surface area contributed by atoms with Crippen LogP contribution in [-0.2, 0) is 6.42 Å². The van der Waals surface area contributed by atoms with Crippen molar-refractivity contribution < 1.29 is 0 Å². The quantitative estimate of drug-likeness (QED) is 0.925. The van der Waals surface area contributed by atoms with Gasteiger partial charge in [0.25, 0.3) is 0 Å². The molecule has 0 aliphatic heterocycles. The molecule has 1 heterocycles. The van der Waals surface area contributed by atoms with Crippen LogP contribution in [0.15, 0.2) is 18.2 Å². The van der Waals surface area contributed by atoms with Gasteiger partial charge in [-0.05, 0) is 57.0 Å². The van der Waals surface area contributed by atoms with Gasteiger partial charge in [0.15, 0.2) is 0 Å². The summed E-state index contributed by atoms with van der Waals surface area (Å²) in [6.07, 6.45) is 0.759. The molecule has 0 bridgehead atoms. The summed E-state index contributed by atoms with van der Waals surface area (Å²) in [7, 11) is 0. The lowest BCUT2D eigenvalue weighted by atomic mass is 10.1. The van der Waals surface area contributed by atoms with Crippen LogP contribution in [0.3, 0.4) is 0 Å². The zero-order valence-electron chi connectivity index (χ0n) is 11.0. The molecule has 0 unspecified atom stereocenters. The molecule has 4 heteroatoms. The molecule has 0 radical (unpaired) electrons. The van der Waals surface area contributed by atoms with Gasteiger partial charge in [0.1, 0.15) is 5.15 Å². The van der Waals surface area contributed by atoms with Gasteiger partial charge in [-0.2, -0.15) is 5.10 Å². The number of nitrogens with zero attached hydrogens (tertiary/aromatic N) is 2. The highest BCUT2D eigenvalue weighted by Crippen LogP contribution is 2.24. The van der Waals surface area contributed by atoms with Crippen LogP contribution in [0.2, 0.25) is 5.15 Å². The van der Waals surface area contributed by atoms with E-state index in [1.54, 1.807) is 4.68 Å². The maximum Gasteiger partial charge on any atom is 0.136 e. The Labute approximate surface area is 113 Å². The minimum atomic E-state index is 0.583. The Morgan fingerprint density at radius 2 is 1.94 bits per heavy atom. The van der Waals surface area contributed by atoms with Crippen molar-refractivity contribution in [3.05, 3.63) is 45.7 Å². The van der Waals surface area contributed by atoms with Crippen molar-refractivity contribution in [2.24, 2.45) is 5.73 Å². The number of hydrogen-bond acceptors (Lipinski definition) is 2. The highest BCUT2D eigenvalue weighted by molar-refractivity contribution is 6.30. The van der Waals surface area contributed by atoms with Crippen LogP contribution >= 0.6 is 11.6 Å². The zero-order chi connectivity index (χ0) is 13.3. The van der Waals surface area contributed by atoms with Crippen LogP contribution in [0.5, 0.6) is 0 Å². The van der Waals surface area contributed by atoms with E-state index in [1.807, 2.05) is 13.0 Å². The van der Waals surface area contributed by atoms with Gasteiger partial charge < -0.3 is 5.73 Å². The van der Waals surface area contributed by atoms with Crippen molar-refractivity contribution in [3.8, 4) is 5.69 Å². The van der Waals surface area contributed by atoms with Gasteiger partial charge in [-0.25, -0.2) is 4.68 Å². The highest BCUT2D eigenvalue weighted by Gasteiger charge is 2.14. The van der Waals surface area contributed by atoms with Crippen molar-refractivity contribution in [2.45, 2.75) is 27.2 Å². The molecule has 2 rings (SSSR count). The Morgan fingerprint density at radius 3 is 2.56 bits per heavy atom. The lowest BCUT2D eigenvalue weighted by molar-refractivity contribution is 0.861. The summed E-state index contributed by atoms with van der Waals surface area (Å²) in [5.74, 6) is 0. The van der Waals surface area contributed by atoms with E-state index in [1.165, 1.54) is 11.1 Å². The van der Waals surface area contributed by atoms with Gasteiger partial charge in [-0.1, -0.05) is 17.7 Å². The van der Waals surface area contributed by atoms with Crippen LogP contribution in [0.25, 0.3) is 5.69 Å². The molecule has 18 heavy (non-hydrogen) atoms. The third kappa shape index (κ3) is 2.28. The second kappa shape index (κ2) is 5.12. The van der Waals surface area contributed by atoms with Gasteiger partial charge >= 0.3 is 0 Å². The van der Waals surface area contributed by atoms with Crippen molar-refractivity contribution in [2.75, 3.05) is 6.54 Å². The summed E-state index contributed by atoms with van der Waals surface area (Å²) in [5.41, 5.74) is 11.1. The summed E-state index contributed by atoms with van der Waals surface area (Å²) < 4.78 is 1.79. The molecule has 1 aromatic carbocycles. The number of benzene rings is 1. The van der Waals surface area contributed by atoms with Gasteiger partial charge in [-0.3, -0.25) is 0 Å². The monoisotopic (exact) mass is 263 g/mol. The number of rotatable bonds is 3. The van der Waals surface area contributed by atoms with Crippen LogP contribution in [0, 0.1) is 20.8 Å². The topological polar surface area (TPSA) is 43.8 Å². The minimum Gasteiger partial charge on any atom is -0.330 e. The SMILES string of the molecule is Cc1ccc(-n2nc(C)c(CCN)c2Cl)cc1C. The molecule has 0 saturated carbocycles. The minimum absolute atomic E-state index is 0.583. The van der Waals surface area contributed by atoms with E-state index >= 15 is 0 Å². The molecule has 0 saturated heterocycles. The van der Waals surface area contributed by atoms with E-state index in [0.29, 0.717) is 11.7 Å². The molecular formula is C14H18ClN3. The molecule has 96 valence electrons. The fraction of sp³-hybridized carbons (Fsp3) is 0.357. The number of nitrogens with two attached hydrogens (primary N) is 1. The first-order valence-electron chi connectivity index (χ1n) is 6.06. The average Bonchev–Trinajstić information content (AvgIpc) is 2.61. The average molecular weight is 264 g/mol. The molecule has 2 N–H and O–H groups in total. The molecule has 0 aliphatic rings. The van der Waals surface area contributed by atoms with Crippen molar-refractivity contribution in [1.29, 1.82) is 0 Å². The Bertz CT molecular complexity index is 573. The van der Waals surface area contributed by atoms with Gasteiger partial charge in [0.05, 0.1) is 11.4 Å². The molecule has 0 amide bonds. The van der Waals surface area contributed by atoms with Gasteiger partial charge in [0.2, 0.25) is 0 Å². The summed E-state index contributed by atoms with van der Waals surface area (Å²) in [6.45, 7) is 6.73. The molecule has 0 spiro atoms. The fourth-order valence-corrected chi connectivity index (χ4v) is 2.35. The first-order chi connectivity index (χ1) is 8.54. The van der Waals surface area contributed by atoms with Gasteiger partial charge in [0, 0.05) is 5.56 Å². The number of halogens is 1. The Kier molecular flexibility index (Phi) is 3.73. The standard InChI is InChI=1S/C14H18ClN3/c1-9-4-5-12(8-10(9)2)18-14(15)13(6-7-16)11(3)17-18/h4-5,8H,6-7,16H2,1-3H3. The second-order valence-electron chi connectivity index (χ2n) is 4.57. The van der Waals surface area contributed by atoms with E-state index < -0.39 is 0 Å². The predicted octanol–water partition coefficient (Wildman–Crippen LogP) is 2.95.